The van der Waals surface area contributed by atoms with Crippen molar-refractivity contribution in [3.63, 3.8) is 0 Å². The van der Waals surface area contributed by atoms with Gasteiger partial charge in [0.2, 0.25) is 0 Å². The predicted molar refractivity (Wildman–Crippen MR) is 65.9 cm³/mol. The summed E-state index contributed by atoms with van der Waals surface area (Å²) in [6.45, 7) is 2.66. The Morgan fingerprint density at radius 3 is 3.00 bits per heavy atom. The van der Waals surface area contributed by atoms with Gasteiger partial charge in [0.05, 0.1) is 5.02 Å². The molecule has 1 N–H and O–H groups in total. The second kappa shape index (κ2) is 6.06. The summed E-state index contributed by atoms with van der Waals surface area (Å²) in [5, 5.41) is 3.89. The number of rotatable bonds is 7. The molecule has 0 spiro atoms. The van der Waals surface area contributed by atoms with Crippen LogP contribution in [0.5, 0.6) is 0 Å². The van der Waals surface area contributed by atoms with Crippen LogP contribution in [0, 0.1) is 5.92 Å². The van der Waals surface area contributed by atoms with Crippen LogP contribution < -0.4 is 5.32 Å². The summed E-state index contributed by atoms with van der Waals surface area (Å²) in [4.78, 5) is 4.15. The van der Waals surface area contributed by atoms with E-state index in [-0.39, 0.29) is 0 Å². The highest BCUT2D eigenvalue weighted by Crippen LogP contribution is 2.28. The maximum Gasteiger partial charge on any atom is 0.125 e. The van der Waals surface area contributed by atoms with E-state index >= 15 is 0 Å². The fourth-order valence-electron chi connectivity index (χ4n) is 1.41. The fourth-order valence-corrected chi connectivity index (χ4v) is 1.52. The van der Waals surface area contributed by atoms with E-state index in [1.165, 1.54) is 12.8 Å². The number of nitrogens with one attached hydrogen (secondary N) is 1. The highest BCUT2D eigenvalue weighted by atomic mass is 35.5. The molecule has 0 aliphatic heterocycles. The number of anilines is 1. The van der Waals surface area contributed by atoms with Gasteiger partial charge in [-0.2, -0.15) is 0 Å². The minimum Gasteiger partial charge on any atom is -0.381 e. The summed E-state index contributed by atoms with van der Waals surface area (Å²) in [7, 11) is 0. The molecular weight excluding hydrogens is 224 g/mol. The number of nitrogens with zero attached hydrogens (tertiary/aromatic N) is 1. The van der Waals surface area contributed by atoms with Gasteiger partial charge in [0.1, 0.15) is 5.82 Å². The lowest BCUT2D eigenvalue weighted by atomic mass is 10.4. The third-order valence-electron chi connectivity index (χ3n) is 2.55. The summed E-state index contributed by atoms with van der Waals surface area (Å²) >= 11 is 5.74. The molecule has 1 heterocycles. The number of hydrogen-bond donors (Lipinski definition) is 1. The standard InChI is InChI=1S/C12H17ClN2O/c13-11-4-5-12(15-8-11)14-6-1-7-16-9-10-2-3-10/h4-5,8,10H,1-3,6-7,9H2,(H,14,15). The molecule has 0 atom stereocenters. The van der Waals surface area contributed by atoms with Crippen LogP contribution in [-0.4, -0.2) is 24.7 Å². The van der Waals surface area contributed by atoms with Crippen LogP contribution in [0.2, 0.25) is 5.02 Å². The molecule has 88 valence electrons. The zero-order valence-electron chi connectivity index (χ0n) is 9.29. The van der Waals surface area contributed by atoms with E-state index in [2.05, 4.69) is 10.3 Å². The summed E-state index contributed by atoms with van der Waals surface area (Å²) < 4.78 is 5.53. The first-order valence-electron chi connectivity index (χ1n) is 5.78. The van der Waals surface area contributed by atoms with Gasteiger partial charge in [-0.1, -0.05) is 11.6 Å². The Hall–Kier alpha value is -0.800. The molecule has 1 aromatic rings. The van der Waals surface area contributed by atoms with Crippen molar-refractivity contribution in [1.82, 2.24) is 4.98 Å². The van der Waals surface area contributed by atoms with Crippen molar-refractivity contribution in [3.05, 3.63) is 23.4 Å². The molecule has 4 heteroatoms. The van der Waals surface area contributed by atoms with Gasteiger partial charge in [0.25, 0.3) is 0 Å². The zero-order chi connectivity index (χ0) is 11.2. The van der Waals surface area contributed by atoms with E-state index < -0.39 is 0 Å². The van der Waals surface area contributed by atoms with Crippen molar-refractivity contribution in [2.24, 2.45) is 5.92 Å². The van der Waals surface area contributed by atoms with Gasteiger partial charge in [0, 0.05) is 26.0 Å². The lowest BCUT2D eigenvalue weighted by molar-refractivity contribution is 0.124. The van der Waals surface area contributed by atoms with Crippen molar-refractivity contribution >= 4 is 17.4 Å². The molecule has 1 aliphatic rings. The van der Waals surface area contributed by atoms with E-state index in [4.69, 9.17) is 16.3 Å². The van der Waals surface area contributed by atoms with Crippen LogP contribution >= 0.6 is 11.6 Å². The second-order valence-corrected chi connectivity index (χ2v) is 4.60. The normalized spacial score (nSPS) is 15.1. The second-order valence-electron chi connectivity index (χ2n) is 4.16. The summed E-state index contributed by atoms with van der Waals surface area (Å²) in [6, 6.07) is 3.72. The van der Waals surface area contributed by atoms with Crippen LogP contribution in [0.15, 0.2) is 18.3 Å². The smallest absolute Gasteiger partial charge is 0.125 e. The minimum absolute atomic E-state index is 0.665. The molecule has 3 nitrogen and oxygen atoms in total. The van der Waals surface area contributed by atoms with E-state index in [9.17, 15) is 0 Å². The predicted octanol–water partition coefficient (Wildman–Crippen LogP) is 2.96. The Kier molecular flexibility index (Phi) is 4.43. The van der Waals surface area contributed by atoms with E-state index in [0.717, 1.165) is 37.9 Å². The monoisotopic (exact) mass is 240 g/mol. The zero-order valence-corrected chi connectivity index (χ0v) is 10.0. The van der Waals surface area contributed by atoms with Gasteiger partial charge < -0.3 is 10.1 Å². The summed E-state index contributed by atoms with van der Waals surface area (Å²) in [5.41, 5.74) is 0. The Morgan fingerprint density at radius 1 is 1.44 bits per heavy atom. The Balaban J connectivity index is 1.51. The molecule has 16 heavy (non-hydrogen) atoms. The molecule has 1 fully saturated rings. The quantitative estimate of drug-likeness (QED) is 0.744. The minimum atomic E-state index is 0.665. The number of ether oxygens (including phenoxy) is 1. The first-order chi connectivity index (χ1) is 7.84. The van der Waals surface area contributed by atoms with E-state index in [0.29, 0.717) is 5.02 Å². The average molecular weight is 241 g/mol. The summed E-state index contributed by atoms with van der Waals surface area (Å²) in [6.07, 6.45) is 5.37. The molecule has 2 rings (SSSR count). The van der Waals surface area contributed by atoms with Crippen molar-refractivity contribution in [2.75, 3.05) is 25.1 Å². The third-order valence-corrected chi connectivity index (χ3v) is 2.77. The molecule has 0 saturated heterocycles. The van der Waals surface area contributed by atoms with Crippen LogP contribution in [0.1, 0.15) is 19.3 Å². The van der Waals surface area contributed by atoms with Crippen LogP contribution in [-0.2, 0) is 4.74 Å². The van der Waals surface area contributed by atoms with Crippen molar-refractivity contribution in [2.45, 2.75) is 19.3 Å². The number of hydrogen-bond acceptors (Lipinski definition) is 3. The number of pyridine rings is 1. The number of halogens is 1. The molecule has 0 aromatic carbocycles. The maximum atomic E-state index is 5.74. The van der Waals surface area contributed by atoms with Gasteiger partial charge in [-0.05, 0) is 37.3 Å². The third kappa shape index (κ3) is 4.37. The maximum absolute atomic E-state index is 5.74. The lowest BCUT2D eigenvalue weighted by Crippen LogP contribution is -2.07. The first-order valence-corrected chi connectivity index (χ1v) is 6.15. The molecular formula is C12H17ClN2O. The average Bonchev–Trinajstić information content (AvgIpc) is 3.10. The summed E-state index contributed by atoms with van der Waals surface area (Å²) in [5.74, 6) is 1.72. The molecule has 0 unspecified atom stereocenters. The van der Waals surface area contributed by atoms with Gasteiger partial charge in [-0.15, -0.1) is 0 Å². The van der Waals surface area contributed by atoms with Crippen LogP contribution in [0.3, 0.4) is 0 Å². The van der Waals surface area contributed by atoms with Gasteiger partial charge >= 0.3 is 0 Å². The Bertz CT molecular complexity index is 311. The SMILES string of the molecule is Clc1ccc(NCCCOCC2CC2)nc1. The highest BCUT2D eigenvalue weighted by molar-refractivity contribution is 6.30. The van der Waals surface area contributed by atoms with Gasteiger partial charge in [-0.25, -0.2) is 4.98 Å². The fraction of sp³-hybridized carbons (Fsp3) is 0.583. The van der Waals surface area contributed by atoms with E-state index in [1.807, 2.05) is 12.1 Å². The molecule has 1 saturated carbocycles. The van der Waals surface area contributed by atoms with Crippen molar-refractivity contribution < 1.29 is 4.74 Å². The lowest BCUT2D eigenvalue weighted by Gasteiger charge is -2.05. The van der Waals surface area contributed by atoms with Crippen LogP contribution in [0.4, 0.5) is 5.82 Å². The first kappa shape index (κ1) is 11.7. The van der Waals surface area contributed by atoms with Crippen molar-refractivity contribution in [3.8, 4) is 0 Å². The molecule has 0 bridgehead atoms. The van der Waals surface area contributed by atoms with Gasteiger partial charge in [0.15, 0.2) is 0 Å². The Morgan fingerprint density at radius 2 is 2.31 bits per heavy atom. The molecule has 1 aliphatic carbocycles. The number of aromatic nitrogens is 1. The largest absolute Gasteiger partial charge is 0.381 e. The van der Waals surface area contributed by atoms with Crippen LogP contribution in [0.25, 0.3) is 0 Å². The van der Waals surface area contributed by atoms with E-state index in [1.54, 1.807) is 6.20 Å². The Labute approximate surface area is 101 Å². The molecule has 1 aromatic heterocycles. The van der Waals surface area contributed by atoms with Crippen molar-refractivity contribution in [1.29, 1.82) is 0 Å². The topological polar surface area (TPSA) is 34.1 Å². The molecule has 0 radical (unpaired) electrons. The molecule has 0 amide bonds. The highest BCUT2D eigenvalue weighted by Gasteiger charge is 2.20. The van der Waals surface area contributed by atoms with Gasteiger partial charge in [-0.3, -0.25) is 0 Å².